The van der Waals surface area contributed by atoms with Crippen molar-refractivity contribution in [3.63, 3.8) is 0 Å². The highest BCUT2D eigenvalue weighted by atomic mass is 32.2. The molecule has 0 saturated heterocycles. The minimum absolute atomic E-state index is 0.0818. The molecule has 2 amide bonds. The Morgan fingerprint density at radius 2 is 1.63 bits per heavy atom. The third-order valence-corrected chi connectivity index (χ3v) is 5.01. The average molecular weight is 503 g/mol. The molecule has 0 fully saturated rings. The maximum Gasteiger partial charge on any atom is 0.307 e. The van der Waals surface area contributed by atoms with Crippen molar-refractivity contribution >= 4 is 28.8 Å². The van der Waals surface area contributed by atoms with Crippen molar-refractivity contribution in [3.8, 4) is 0 Å². The maximum absolute atomic E-state index is 11.9. The van der Waals surface area contributed by atoms with E-state index < -0.39 is 35.0 Å². The zero-order chi connectivity index (χ0) is 25.6. The molecule has 1 aromatic heterocycles. The first-order chi connectivity index (χ1) is 16.7. The number of hydrogen-bond acceptors (Lipinski definition) is 7. The van der Waals surface area contributed by atoms with E-state index in [1.54, 1.807) is 0 Å². The molecule has 0 aliphatic rings. The lowest BCUT2D eigenvalue weighted by atomic mass is 10.1. The van der Waals surface area contributed by atoms with E-state index in [0.717, 1.165) is 11.8 Å². The summed E-state index contributed by atoms with van der Waals surface area (Å²) < 4.78 is 18.3. The van der Waals surface area contributed by atoms with Gasteiger partial charge in [0.2, 0.25) is 5.91 Å². The summed E-state index contributed by atoms with van der Waals surface area (Å²) in [7, 11) is -1.40. The summed E-state index contributed by atoms with van der Waals surface area (Å²) in [5, 5.41) is 24.9. The molecule has 0 spiro atoms. The highest BCUT2D eigenvalue weighted by Crippen LogP contribution is 2.08. The lowest BCUT2D eigenvalue weighted by Crippen LogP contribution is -2.41. The molecule has 3 unspecified atom stereocenters. The van der Waals surface area contributed by atoms with Crippen LogP contribution in [0, 0.1) is 6.92 Å². The first-order valence-electron chi connectivity index (χ1n) is 10.8. The Bertz CT molecular complexity index is 1080. The number of benzene rings is 2. The number of anilines is 1. The second kappa shape index (κ2) is 14.7. The first kappa shape index (κ1) is 27.7. The molecule has 5 N–H and O–H groups in total. The second-order valence-corrected chi connectivity index (χ2v) is 8.67. The largest absolute Gasteiger partial charge is 0.431 e. The van der Waals surface area contributed by atoms with Gasteiger partial charge in [-0.15, -0.1) is 0 Å². The number of nitrogens with zero attached hydrogens (tertiary/aromatic N) is 1. The van der Waals surface area contributed by atoms with E-state index in [0.29, 0.717) is 6.54 Å². The van der Waals surface area contributed by atoms with Gasteiger partial charge in [-0.25, -0.2) is 4.21 Å². The third kappa shape index (κ3) is 11.0. The maximum atomic E-state index is 11.9. The number of amides is 2. The van der Waals surface area contributed by atoms with Crippen LogP contribution in [0.5, 0.6) is 0 Å². The van der Waals surface area contributed by atoms with Crippen molar-refractivity contribution in [3.05, 3.63) is 83.7 Å². The number of carbonyl (C=O) groups excluding carboxylic acids is 2. The summed E-state index contributed by atoms with van der Waals surface area (Å²) in [4.78, 5) is 27.6. The number of oxazole rings is 1. The second-order valence-electron chi connectivity index (χ2n) is 7.56. The van der Waals surface area contributed by atoms with E-state index in [9.17, 15) is 24.0 Å². The summed E-state index contributed by atoms with van der Waals surface area (Å²) in [6.07, 6.45) is -0.584. The van der Waals surface area contributed by atoms with Crippen LogP contribution in [0.15, 0.2) is 71.3 Å². The molecule has 10 nitrogen and oxygen atoms in total. The number of carbonyl (C=O) groups is 2. The highest BCUT2D eigenvalue weighted by Gasteiger charge is 2.21. The van der Waals surface area contributed by atoms with Gasteiger partial charge in [0.1, 0.15) is 17.2 Å². The van der Waals surface area contributed by atoms with E-state index in [4.69, 9.17) is 4.42 Å². The van der Waals surface area contributed by atoms with Gasteiger partial charge in [0.25, 0.3) is 5.91 Å². The zero-order valence-electron chi connectivity index (χ0n) is 19.5. The van der Waals surface area contributed by atoms with Crippen molar-refractivity contribution in [2.24, 2.45) is 0 Å². The van der Waals surface area contributed by atoms with Crippen LogP contribution in [0.25, 0.3) is 0 Å². The molecule has 188 valence electrons. The Balaban J connectivity index is 0.000000527. The van der Waals surface area contributed by atoms with Gasteiger partial charge in [-0.1, -0.05) is 66.2 Å². The molecule has 35 heavy (non-hydrogen) atoms. The Morgan fingerprint density at radius 3 is 2.20 bits per heavy atom. The molecule has 0 aliphatic heterocycles. The summed E-state index contributed by atoms with van der Waals surface area (Å²) in [6.45, 7) is 2.10. The van der Waals surface area contributed by atoms with Gasteiger partial charge < -0.3 is 25.3 Å². The van der Waals surface area contributed by atoms with E-state index in [2.05, 4.69) is 39.4 Å². The fourth-order valence-electron chi connectivity index (χ4n) is 2.70. The summed E-state index contributed by atoms with van der Waals surface area (Å²) >= 11 is 0. The smallest absolute Gasteiger partial charge is 0.307 e. The number of nitrogens with one attached hydrogen (secondary N) is 3. The van der Waals surface area contributed by atoms with Gasteiger partial charge in [-0.3, -0.25) is 14.3 Å². The third-order valence-electron chi connectivity index (χ3n) is 4.55. The number of aliphatic hydroxyl groups excluding tert-OH is 2. The minimum Gasteiger partial charge on any atom is -0.431 e. The quantitative estimate of drug-likeness (QED) is 0.282. The fourth-order valence-corrected chi connectivity index (χ4v) is 3.04. The number of aromatic nitrogens is 1. The van der Waals surface area contributed by atoms with Crippen LogP contribution < -0.4 is 15.4 Å². The van der Waals surface area contributed by atoms with E-state index in [-0.39, 0.29) is 24.7 Å². The highest BCUT2D eigenvalue weighted by molar-refractivity contribution is 7.85. The van der Waals surface area contributed by atoms with Crippen LogP contribution in [0.1, 0.15) is 28.0 Å². The van der Waals surface area contributed by atoms with Gasteiger partial charge >= 0.3 is 6.01 Å². The summed E-state index contributed by atoms with van der Waals surface area (Å²) in [5.41, 5.74) is 2.14. The van der Waals surface area contributed by atoms with E-state index in [1.807, 2.05) is 48.5 Å². The summed E-state index contributed by atoms with van der Waals surface area (Å²) in [6, 6.07) is 19.4. The van der Waals surface area contributed by atoms with Crippen molar-refractivity contribution in [2.45, 2.75) is 32.1 Å². The van der Waals surface area contributed by atoms with Gasteiger partial charge in [-0.2, -0.15) is 4.98 Å². The minimum atomic E-state index is -1.40. The molecule has 3 rings (SSSR count). The lowest BCUT2D eigenvalue weighted by molar-refractivity contribution is -0.124. The SMILES string of the molecule is CS(=O)Nc1nc(C(=O)NCC(O)C(O)CC(=O)NCc2ccccc2)co1.Cc1ccccc1. The monoisotopic (exact) mass is 502 g/mol. The van der Waals surface area contributed by atoms with E-state index in [1.165, 1.54) is 11.8 Å². The number of aliphatic hydroxyl groups is 2. The predicted molar refractivity (Wildman–Crippen MR) is 133 cm³/mol. The molecular formula is C24H30N4O6S. The molecule has 3 aromatic rings. The molecule has 0 radical (unpaired) electrons. The van der Waals surface area contributed by atoms with Crippen molar-refractivity contribution in [1.82, 2.24) is 15.6 Å². The standard InChI is InChI=1S/C17H22N4O6S.C7H8/c1-28(26)21-17-20-12(10-27-17)16(25)19-9-14(23)13(22)7-15(24)18-8-11-5-3-2-4-6-11;1-7-5-3-2-4-6-7/h2-6,10,13-14,22-23H,7-9H2,1H3,(H,18,24)(H,19,25)(H,20,21);2-6H,1H3. The first-order valence-corrected chi connectivity index (χ1v) is 12.3. The van der Waals surface area contributed by atoms with Crippen LogP contribution in [0.2, 0.25) is 0 Å². The molecular weight excluding hydrogens is 472 g/mol. The molecule has 2 aromatic carbocycles. The predicted octanol–water partition coefficient (Wildman–Crippen LogP) is 1.53. The van der Waals surface area contributed by atoms with Crippen LogP contribution in [0.4, 0.5) is 6.01 Å². The normalized spacial score (nSPS) is 12.9. The average Bonchev–Trinajstić information content (AvgIpc) is 3.30. The van der Waals surface area contributed by atoms with Crippen molar-refractivity contribution < 1.29 is 28.4 Å². The molecule has 0 aliphatic carbocycles. The number of rotatable bonds is 10. The number of hydrogen-bond donors (Lipinski definition) is 5. The van der Waals surface area contributed by atoms with Crippen LogP contribution in [-0.4, -0.2) is 56.2 Å². The number of aryl methyl sites for hydroxylation is 1. The van der Waals surface area contributed by atoms with Crippen LogP contribution in [-0.2, 0) is 22.3 Å². The molecule has 1 heterocycles. The molecule has 0 saturated carbocycles. The summed E-state index contributed by atoms with van der Waals surface area (Å²) in [5.74, 6) is -1.08. The van der Waals surface area contributed by atoms with Gasteiger partial charge in [0.05, 0.1) is 18.6 Å². The zero-order valence-corrected chi connectivity index (χ0v) is 20.3. The van der Waals surface area contributed by atoms with Gasteiger partial charge in [0, 0.05) is 19.3 Å². The molecule has 0 bridgehead atoms. The Morgan fingerprint density at radius 1 is 1.00 bits per heavy atom. The van der Waals surface area contributed by atoms with Gasteiger partial charge in [0.15, 0.2) is 5.69 Å². The van der Waals surface area contributed by atoms with Crippen molar-refractivity contribution in [1.29, 1.82) is 0 Å². The van der Waals surface area contributed by atoms with Crippen LogP contribution >= 0.6 is 0 Å². The van der Waals surface area contributed by atoms with Gasteiger partial charge in [-0.05, 0) is 12.5 Å². The Labute approximate surface area is 206 Å². The fraction of sp³-hybridized carbons (Fsp3) is 0.292. The topological polar surface area (TPSA) is 154 Å². The Kier molecular flexibility index (Phi) is 11.6. The van der Waals surface area contributed by atoms with E-state index >= 15 is 0 Å². The lowest BCUT2D eigenvalue weighted by Gasteiger charge is -2.17. The molecule has 11 heteroatoms. The molecule has 3 atom stereocenters. The van der Waals surface area contributed by atoms with Crippen molar-refractivity contribution in [2.75, 3.05) is 17.5 Å². The Hall–Kier alpha value is -3.54. The van der Waals surface area contributed by atoms with Crippen LogP contribution in [0.3, 0.4) is 0 Å².